The van der Waals surface area contributed by atoms with Crippen LogP contribution in [0.4, 0.5) is 0 Å². The van der Waals surface area contributed by atoms with E-state index in [1.165, 1.54) is 0 Å². The molecule has 3 N–H and O–H groups in total. The minimum atomic E-state index is -0.148. The summed E-state index contributed by atoms with van der Waals surface area (Å²) in [6.45, 7) is 2.36. The fraction of sp³-hybridized carbons (Fsp3) is 0.444. The molecule has 3 heterocycles. The molecule has 1 aromatic heterocycles. The first kappa shape index (κ1) is 15.4. The number of amides is 1. The van der Waals surface area contributed by atoms with E-state index in [1.54, 1.807) is 0 Å². The molecule has 1 fully saturated rings. The number of rotatable bonds is 4. The average molecular weight is 326 g/mol. The lowest BCUT2D eigenvalue weighted by Crippen LogP contribution is -2.37. The predicted molar refractivity (Wildman–Crippen MR) is 89.6 cm³/mol. The van der Waals surface area contributed by atoms with E-state index in [0.717, 1.165) is 49.2 Å². The number of aromatic amines is 1. The first-order valence-electron chi connectivity index (χ1n) is 8.57. The zero-order valence-electron chi connectivity index (χ0n) is 13.5. The first-order chi connectivity index (χ1) is 11.8. The van der Waals surface area contributed by atoms with E-state index in [1.807, 2.05) is 30.3 Å². The molecule has 1 saturated heterocycles. The zero-order chi connectivity index (χ0) is 16.4. The summed E-state index contributed by atoms with van der Waals surface area (Å²) in [6.07, 6.45) is 2.89. The number of H-pyrrole nitrogens is 1. The summed E-state index contributed by atoms with van der Waals surface area (Å²) >= 11 is 0. The van der Waals surface area contributed by atoms with E-state index < -0.39 is 0 Å². The van der Waals surface area contributed by atoms with Gasteiger partial charge >= 0.3 is 0 Å². The van der Waals surface area contributed by atoms with Crippen LogP contribution < -0.4 is 10.6 Å². The number of aromatic nitrogens is 2. The summed E-state index contributed by atoms with van der Waals surface area (Å²) < 4.78 is 5.85. The minimum absolute atomic E-state index is 0.0178. The summed E-state index contributed by atoms with van der Waals surface area (Å²) in [5.74, 6) is -0.138. The third kappa shape index (κ3) is 2.95. The summed E-state index contributed by atoms with van der Waals surface area (Å²) in [5.41, 5.74) is 3.61. The molecule has 0 spiro atoms. The average Bonchev–Trinajstić information content (AvgIpc) is 3.30. The molecule has 0 aliphatic carbocycles. The largest absolute Gasteiger partial charge is 0.376 e. The smallest absolute Gasteiger partial charge is 0.272 e. The number of hydrogen-bond acceptors (Lipinski definition) is 4. The van der Waals surface area contributed by atoms with Crippen molar-refractivity contribution in [2.75, 3.05) is 13.2 Å². The van der Waals surface area contributed by atoms with Gasteiger partial charge in [-0.05, 0) is 18.4 Å². The Morgan fingerprint density at radius 1 is 1.33 bits per heavy atom. The number of fused-ring (bicyclic) bond motifs is 1. The van der Waals surface area contributed by atoms with Crippen LogP contribution in [0.5, 0.6) is 0 Å². The van der Waals surface area contributed by atoms with Gasteiger partial charge in [0.2, 0.25) is 0 Å². The van der Waals surface area contributed by atoms with Crippen molar-refractivity contribution < 1.29 is 9.53 Å². The fourth-order valence-corrected chi connectivity index (χ4v) is 3.54. The number of ether oxygens (including phenoxy) is 1. The second kappa shape index (κ2) is 6.75. The van der Waals surface area contributed by atoms with Crippen molar-refractivity contribution in [1.82, 2.24) is 20.8 Å². The minimum Gasteiger partial charge on any atom is -0.376 e. The van der Waals surface area contributed by atoms with E-state index in [0.29, 0.717) is 12.2 Å². The molecule has 0 radical (unpaired) electrons. The number of benzene rings is 1. The molecule has 1 amide bonds. The normalized spacial score (nSPS) is 21.2. The summed E-state index contributed by atoms with van der Waals surface area (Å²) in [4.78, 5) is 12.8. The molecule has 2 aliphatic heterocycles. The van der Waals surface area contributed by atoms with Gasteiger partial charge in [0.1, 0.15) is 0 Å². The van der Waals surface area contributed by atoms with Gasteiger partial charge in [0.25, 0.3) is 5.91 Å². The van der Waals surface area contributed by atoms with Crippen LogP contribution in [-0.2, 0) is 17.7 Å². The van der Waals surface area contributed by atoms with Crippen molar-refractivity contribution in [2.24, 2.45) is 0 Å². The van der Waals surface area contributed by atoms with E-state index in [-0.39, 0.29) is 18.1 Å². The number of carbonyl (C=O) groups excluding carboxylic acids is 1. The van der Waals surface area contributed by atoms with Gasteiger partial charge in [0.15, 0.2) is 5.69 Å². The lowest BCUT2D eigenvalue weighted by molar-refractivity contribution is 0.0669. The highest BCUT2D eigenvalue weighted by atomic mass is 16.5. The van der Waals surface area contributed by atoms with Gasteiger partial charge in [-0.15, -0.1) is 0 Å². The van der Waals surface area contributed by atoms with E-state index in [4.69, 9.17) is 4.74 Å². The highest BCUT2D eigenvalue weighted by Crippen LogP contribution is 2.27. The van der Waals surface area contributed by atoms with Crippen molar-refractivity contribution in [3.63, 3.8) is 0 Å². The zero-order valence-corrected chi connectivity index (χ0v) is 13.5. The predicted octanol–water partition coefficient (Wildman–Crippen LogP) is 1.71. The van der Waals surface area contributed by atoms with Crippen molar-refractivity contribution in [3.8, 4) is 0 Å². The third-order valence-corrected chi connectivity index (χ3v) is 4.80. The molecule has 24 heavy (non-hydrogen) atoms. The SMILES string of the molecule is O=C(NC(c1ccccc1)C1CCCO1)c1n[nH]c2c1CNCC2. The number of carbonyl (C=O) groups is 1. The number of nitrogens with one attached hydrogen (secondary N) is 3. The molecule has 0 saturated carbocycles. The Bertz CT molecular complexity index is 707. The summed E-state index contributed by atoms with van der Waals surface area (Å²) in [6, 6.07) is 9.88. The van der Waals surface area contributed by atoms with Gasteiger partial charge in [-0.2, -0.15) is 5.10 Å². The Hall–Kier alpha value is -2.18. The highest BCUT2D eigenvalue weighted by molar-refractivity contribution is 5.94. The monoisotopic (exact) mass is 326 g/mol. The number of hydrogen-bond donors (Lipinski definition) is 3. The molecular weight excluding hydrogens is 304 g/mol. The van der Waals surface area contributed by atoms with Crippen LogP contribution in [0.25, 0.3) is 0 Å². The summed E-state index contributed by atoms with van der Waals surface area (Å²) in [5, 5.41) is 13.7. The maximum atomic E-state index is 12.8. The van der Waals surface area contributed by atoms with Crippen LogP contribution in [0.3, 0.4) is 0 Å². The molecule has 1 aromatic carbocycles. The molecule has 0 bridgehead atoms. The van der Waals surface area contributed by atoms with Crippen LogP contribution in [0.1, 0.15) is 46.2 Å². The molecule has 126 valence electrons. The van der Waals surface area contributed by atoms with Crippen molar-refractivity contribution in [1.29, 1.82) is 0 Å². The second-order valence-corrected chi connectivity index (χ2v) is 6.37. The van der Waals surface area contributed by atoms with Gasteiger partial charge < -0.3 is 15.4 Å². The molecule has 2 aromatic rings. The van der Waals surface area contributed by atoms with Crippen LogP contribution >= 0.6 is 0 Å². The molecular formula is C18H22N4O2. The van der Waals surface area contributed by atoms with Gasteiger partial charge in [-0.25, -0.2) is 0 Å². The standard InChI is InChI=1S/C18H22N4O2/c23-18(17-13-11-19-9-8-14(13)21-22-17)20-16(15-7-4-10-24-15)12-5-2-1-3-6-12/h1-3,5-6,15-16,19H,4,7-11H2,(H,20,23)(H,21,22). The quantitative estimate of drug-likeness (QED) is 0.799. The molecule has 2 unspecified atom stereocenters. The Morgan fingerprint density at radius 3 is 3.00 bits per heavy atom. The Kier molecular flexibility index (Phi) is 4.32. The van der Waals surface area contributed by atoms with E-state index in [9.17, 15) is 4.79 Å². The van der Waals surface area contributed by atoms with Gasteiger partial charge in [-0.3, -0.25) is 9.89 Å². The van der Waals surface area contributed by atoms with Crippen LogP contribution in [0.15, 0.2) is 30.3 Å². The van der Waals surface area contributed by atoms with Crippen LogP contribution in [-0.4, -0.2) is 35.4 Å². The molecule has 2 aliphatic rings. The van der Waals surface area contributed by atoms with Crippen molar-refractivity contribution in [3.05, 3.63) is 52.8 Å². The Labute approximate surface area is 141 Å². The van der Waals surface area contributed by atoms with Gasteiger partial charge in [0, 0.05) is 37.4 Å². The van der Waals surface area contributed by atoms with Crippen molar-refractivity contribution in [2.45, 2.75) is 38.0 Å². The van der Waals surface area contributed by atoms with E-state index >= 15 is 0 Å². The van der Waals surface area contributed by atoms with E-state index in [2.05, 4.69) is 20.8 Å². The molecule has 6 nitrogen and oxygen atoms in total. The van der Waals surface area contributed by atoms with Crippen LogP contribution in [0.2, 0.25) is 0 Å². The maximum Gasteiger partial charge on any atom is 0.272 e. The summed E-state index contributed by atoms with van der Waals surface area (Å²) in [7, 11) is 0. The molecule has 2 atom stereocenters. The lowest BCUT2D eigenvalue weighted by atomic mass is 9.98. The Morgan fingerprint density at radius 2 is 2.21 bits per heavy atom. The van der Waals surface area contributed by atoms with Gasteiger partial charge in [0.05, 0.1) is 12.1 Å². The molecule has 4 rings (SSSR count). The van der Waals surface area contributed by atoms with Gasteiger partial charge in [-0.1, -0.05) is 30.3 Å². The first-order valence-corrected chi connectivity index (χ1v) is 8.57. The topological polar surface area (TPSA) is 79.0 Å². The second-order valence-electron chi connectivity index (χ2n) is 6.37. The third-order valence-electron chi connectivity index (χ3n) is 4.80. The highest BCUT2D eigenvalue weighted by Gasteiger charge is 2.30. The van der Waals surface area contributed by atoms with Crippen molar-refractivity contribution >= 4 is 5.91 Å². The molecule has 6 heteroatoms. The fourth-order valence-electron chi connectivity index (χ4n) is 3.54. The number of nitrogens with zero attached hydrogens (tertiary/aromatic N) is 1. The maximum absolute atomic E-state index is 12.8. The Balaban J connectivity index is 1.58. The lowest BCUT2D eigenvalue weighted by Gasteiger charge is -2.24. The van der Waals surface area contributed by atoms with Crippen LogP contribution in [0, 0.1) is 0 Å².